The molecule has 2 nitrogen and oxygen atoms in total. The minimum absolute atomic E-state index is 0.215. The second kappa shape index (κ2) is 5.61. The minimum atomic E-state index is -0.956. The van der Waals surface area contributed by atoms with Gasteiger partial charge in [-0.2, -0.15) is 0 Å². The summed E-state index contributed by atoms with van der Waals surface area (Å²) in [5.41, 5.74) is 0.215. The van der Waals surface area contributed by atoms with Gasteiger partial charge < -0.3 is 5.11 Å². The van der Waals surface area contributed by atoms with Gasteiger partial charge in [0, 0.05) is 5.02 Å². The van der Waals surface area contributed by atoms with Crippen LogP contribution in [0.15, 0.2) is 24.3 Å². The molecule has 1 N–H and O–H groups in total. The average molecular weight is 187 g/mol. The van der Waals surface area contributed by atoms with Crippen LogP contribution < -0.4 is 0 Å². The van der Waals surface area contributed by atoms with E-state index in [4.69, 9.17) is 16.7 Å². The van der Waals surface area contributed by atoms with Gasteiger partial charge in [0.1, 0.15) is 0 Å². The largest absolute Gasteiger partial charge is 0.478 e. The topological polar surface area (TPSA) is 37.3 Å². The number of halogens is 1. The molecule has 0 bridgehead atoms. The molecular weight excluding hydrogens is 176 g/mol. The molecule has 0 aliphatic rings. The van der Waals surface area contributed by atoms with E-state index in [-0.39, 0.29) is 5.56 Å². The van der Waals surface area contributed by atoms with Gasteiger partial charge in [0.15, 0.2) is 0 Å². The van der Waals surface area contributed by atoms with Crippen molar-refractivity contribution in [1.82, 2.24) is 0 Å². The number of benzene rings is 1. The third kappa shape index (κ3) is 3.39. The fourth-order valence-corrected chi connectivity index (χ4v) is 0.812. The van der Waals surface area contributed by atoms with Gasteiger partial charge >= 0.3 is 5.97 Å². The highest BCUT2D eigenvalue weighted by Crippen LogP contribution is 2.09. The zero-order valence-corrected chi connectivity index (χ0v) is 7.80. The van der Waals surface area contributed by atoms with Crippen molar-refractivity contribution in [2.45, 2.75) is 13.8 Å². The first-order chi connectivity index (χ1) is 5.70. The summed E-state index contributed by atoms with van der Waals surface area (Å²) in [5, 5.41) is 8.89. The van der Waals surface area contributed by atoms with E-state index in [1.165, 1.54) is 12.1 Å². The molecule has 66 valence electrons. The van der Waals surface area contributed by atoms with E-state index in [9.17, 15) is 4.79 Å². The molecule has 1 aromatic rings. The predicted octanol–water partition coefficient (Wildman–Crippen LogP) is 3.06. The standard InChI is InChI=1S/C7H5ClO2.C2H6/c8-6-3-1-2-5(4-6)7(9)10;1-2/h1-4H,(H,9,10);1-2H3. The van der Waals surface area contributed by atoms with Crippen molar-refractivity contribution in [3.8, 4) is 0 Å². The fourth-order valence-electron chi connectivity index (χ4n) is 0.622. The van der Waals surface area contributed by atoms with E-state index in [1.54, 1.807) is 12.1 Å². The number of aromatic carboxylic acids is 1. The molecule has 0 atom stereocenters. The Morgan fingerprint density at radius 3 is 2.33 bits per heavy atom. The number of carboxylic acid groups (broad SMARTS) is 1. The van der Waals surface area contributed by atoms with Crippen molar-refractivity contribution in [2.75, 3.05) is 0 Å². The molecule has 0 amide bonds. The summed E-state index contributed by atoms with van der Waals surface area (Å²) in [4.78, 5) is 10.3. The molecule has 12 heavy (non-hydrogen) atoms. The molecule has 1 aromatic carbocycles. The summed E-state index contributed by atoms with van der Waals surface area (Å²) in [6, 6.07) is 6.14. The minimum Gasteiger partial charge on any atom is -0.478 e. The van der Waals surface area contributed by atoms with E-state index in [0.29, 0.717) is 5.02 Å². The zero-order valence-electron chi connectivity index (χ0n) is 7.04. The SMILES string of the molecule is CC.O=C(O)c1cccc(Cl)c1. The third-order valence-electron chi connectivity index (χ3n) is 1.07. The highest BCUT2D eigenvalue weighted by atomic mass is 35.5. The first kappa shape index (κ1) is 11.0. The molecule has 1 rings (SSSR count). The number of rotatable bonds is 1. The lowest BCUT2D eigenvalue weighted by molar-refractivity contribution is 0.0697. The number of hydrogen-bond acceptors (Lipinski definition) is 1. The molecule has 0 aliphatic heterocycles. The Kier molecular flexibility index (Phi) is 5.13. The van der Waals surface area contributed by atoms with Crippen molar-refractivity contribution in [1.29, 1.82) is 0 Å². The maximum Gasteiger partial charge on any atom is 0.335 e. The lowest BCUT2D eigenvalue weighted by Gasteiger charge is -1.92. The highest BCUT2D eigenvalue weighted by molar-refractivity contribution is 6.30. The lowest BCUT2D eigenvalue weighted by Crippen LogP contribution is -1.94. The Morgan fingerprint density at radius 2 is 2.00 bits per heavy atom. The predicted molar refractivity (Wildman–Crippen MR) is 49.8 cm³/mol. The molecule has 0 heterocycles. The van der Waals surface area contributed by atoms with Crippen LogP contribution in [0.1, 0.15) is 24.2 Å². The summed E-state index contributed by atoms with van der Waals surface area (Å²) in [5.74, 6) is -0.956. The molecular formula is C9H11ClO2. The van der Waals surface area contributed by atoms with Crippen molar-refractivity contribution in [3.63, 3.8) is 0 Å². The van der Waals surface area contributed by atoms with Crippen molar-refractivity contribution < 1.29 is 9.90 Å². The number of hydrogen-bond donors (Lipinski definition) is 1. The van der Waals surface area contributed by atoms with Crippen LogP contribution in [0.25, 0.3) is 0 Å². The first-order valence-electron chi connectivity index (χ1n) is 3.69. The smallest absolute Gasteiger partial charge is 0.335 e. The zero-order chi connectivity index (χ0) is 9.56. The fraction of sp³-hybridized carbons (Fsp3) is 0.222. The average Bonchev–Trinajstić information content (AvgIpc) is 2.08. The van der Waals surface area contributed by atoms with Crippen LogP contribution in [0.5, 0.6) is 0 Å². The molecule has 0 aromatic heterocycles. The van der Waals surface area contributed by atoms with Crippen molar-refractivity contribution in [2.24, 2.45) is 0 Å². The van der Waals surface area contributed by atoms with Gasteiger partial charge in [-0.15, -0.1) is 0 Å². The van der Waals surface area contributed by atoms with Gasteiger partial charge in [-0.05, 0) is 18.2 Å². The van der Waals surface area contributed by atoms with Crippen molar-refractivity contribution in [3.05, 3.63) is 34.9 Å². The van der Waals surface area contributed by atoms with Gasteiger partial charge in [0.25, 0.3) is 0 Å². The molecule has 0 fully saturated rings. The molecule has 0 spiro atoms. The van der Waals surface area contributed by atoms with Crippen LogP contribution in [0.2, 0.25) is 5.02 Å². The van der Waals surface area contributed by atoms with Crippen LogP contribution in [-0.4, -0.2) is 11.1 Å². The van der Waals surface area contributed by atoms with E-state index >= 15 is 0 Å². The maximum atomic E-state index is 10.3. The summed E-state index contributed by atoms with van der Waals surface area (Å²) >= 11 is 5.53. The van der Waals surface area contributed by atoms with Crippen LogP contribution in [0.3, 0.4) is 0 Å². The Labute approximate surface area is 76.8 Å². The van der Waals surface area contributed by atoms with E-state index in [0.717, 1.165) is 0 Å². The molecule has 0 saturated carbocycles. The number of carbonyl (C=O) groups is 1. The molecule has 0 radical (unpaired) electrons. The quantitative estimate of drug-likeness (QED) is 0.732. The van der Waals surface area contributed by atoms with Gasteiger partial charge in [-0.3, -0.25) is 0 Å². The molecule has 0 unspecified atom stereocenters. The van der Waals surface area contributed by atoms with Gasteiger partial charge in [0.05, 0.1) is 5.56 Å². The maximum absolute atomic E-state index is 10.3. The summed E-state index contributed by atoms with van der Waals surface area (Å²) in [6.07, 6.45) is 0. The lowest BCUT2D eigenvalue weighted by atomic mass is 10.2. The Bertz CT molecular complexity index is 258. The van der Waals surface area contributed by atoms with Crippen LogP contribution in [-0.2, 0) is 0 Å². The second-order valence-corrected chi connectivity index (χ2v) is 2.25. The van der Waals surface area contributed by atoms with Crippen LogP contribution in [0, 0.1) is 0 Å². The Hall–Kier alpha value is -1.02. The van der Waals surface area contributed by atoms with Gasteiger partial charge in [0.2, 0.25) is 0 Å². The summed E-state index contributed by atoms with van der Waals surface area (Å²) < 4.78 is 0. The normalized spacial score (nSPS) is 8.25. The van der Waals surface area contributed by atoms with Gasteiger partial charge in [-0.25, -0.2) is 4.79 Å². The van der Waals surface area contributed by atoms with E-state index < -0.39 is 5.97 Å². The molecule has 0 aliphatic carbocycles. The van der Waals surface area contributed by atoms with Crippen LogP contribution in [0.4, 0.5) is 0 Å². The number of carboxylic acids is 1. The monoisotopic (exact) mass is 186 g/mol. The highest BCUT2D eigenvalue weighted by Gasteiger charge is 2.00. The van der Waals surface area contributed by atoms with E-state index in [1.807, 2.05) is 13.8 Å². The Balaban J connectivity index is 0.000000561. The molecule has 0 saturated heterocycles. The Morgan fingerprint density at radius 1 is 1.42 bits per heavy atom. The molecule has 3 heteroatoms. The first-order valence-corrected chi connectivity index (χ1v) is 4.07. The van der Waals surface area contributed by atoms with Crippen LogP contribution >= 0.6 is 11.6 Å². The van der Waals surface area contributed by atoms with Crippen molar-refractivity contribution >= 4 is 17.6 Å². The summed E-state index contributed by atoms with van der Waals surface area (Å²) in [7, 11) is 0. The summed E-state index contributed by atoms with van der Waals surface area (Å²) in [6.45, 7) is 4.00. The van der Waals surface area contributed by atoms with E-state index in [2.05, 4.69) is 0 Å². The second-order valence-electron chi connectivity index (χ2n) is 1.82. The third-order valence-corrected chi connectivity index (χ3v) is 1.31. The van der Waals surface area contributed by atoms with Gasteiger partial charge in [-0.1, -0.05) is 31.5 Å².